The van der Waals surface area contributed by atoms with Crippen LogP contribution >= 0.6 is 0 Å². The van der Waals surface area contributed by atoms with Crippen molar-refractivity contribution in [2.75, 3.05) is 6.79 Å². The van der Waals surface area contributed by atoms with Gasteiger partial charge in [-0.15, -0.1) is 0 Å². The quantitative estimate of drug-likeness (QED) is 0.888. The molecule has 2 aromatic carbocycles. The van der Waals surface area contributed by atoms with Gasteiger partial charge >= 0.3 is 5.97 Å². The Labute approximate surface area is 134 Å². The van der Waals surface area contributed by atoms with Crippen LogP contribution in [0.1, 0.15) is 17.2 Å². The summed E-state index contributed by atoms with van der Waals surface area (Å²) >= 11 is 0. The van der Waals surface area contributed by atoms with Gasteiger partial charge in [-0.25, -0.2) is 4.79 Å². The highest BCUT2D eigenvalue weighted by Gasteiger charge is 2.31. The first-order chi connectivity index (χ1) is 11.3. The van der Waals surface area contributed by atoms with Gasteiger partial charge in [0.15, 0.2) is 6.04 Å². The van der Waals surface area contributed by atoms with Gasteiger partial charge in [-0.3, -0.25) is 0 Å². The van der Waals surface area contributed by atoms with Crippen LogP contribution in [0.2, 0.25) is 0 Å². The zero-order valence-electron chi connectivity index (χ0n) is 12.5. The maximum absolute atomic E-state index is 11.9. The average Bonchev–Trinajstić information content (AvgIpc) is 3.10. The van der Waals surface area contributed by atoms with Gasteiger partial charge in [-0.05, 0) is 11.1 Å². The zero-order chi connectivity index (χ0) is 16.1. The van der Waals surface area contributed by atoms with Gasteiger partial charge in [0.05, 0.1) is 0 Å². The van der Waals surface area contributed by atoms with Gasteiger partial charge in [-0.2, -0.15) is 0 Å². The molecular weight excluding hydrogens is 294 g/mol. The van der Waals surface area contributed by atoms with E-state index in [4.69, 9.17) is 9.47 Å². The Morgan fingerprint density at radius 2 is 1.74 bits per heavy atom. The van der Waals surface area contributed by atoms with Crippen LogP contribution in [0.5, 0.6) is 0 Å². The zero-order valence-corrected chi connectivity index (χ0v) is 12.5. The van der Waals surface area contributed by atoms with Crippen molar-refractivity contribution in [3.05, 3.63) is 83.9 Å². The fourth-order valence-electron chi connectivity index (χ4n) is 2.55. The van der Waals surface area contributed by atoms with Crippen LogP contribution in [0.15, 0.2) is 72.8 Å². The minimum atomic E-state index is -0.941. The summed E-state index contributed by atoms with van der Waals surface area (Å²) in [6.45, 7) is 0.504. The molecule has 1 unspecified atom stereocenters. The topological polar surface area (TPSA) is 59.0 Å². The number of hydrogen-bond donors (Lipinski definition) is 1. The fourth-order valence-corrected chi connectivity index (χ4v) is 2.55. The summed E-state index contributed by atoms with van der Waals surface area (Å²) in [6.07, 6.45) is 1.46. The van der Waals surface area contributed by atoms with Crippen molar-refractivity contribution < 1.29 is 19.4 Å². The second kappa shape index (κ2) is 6.87. The highest BCUT2D eigenvalue weighted by molar-refractivity contribution is 5.75. The molecule has 0 saturated carbocycles. The van der Waals surface area contributed by atoms with Crippen LogP contribution in [0.25, 0.3) is 0 Å². The number of carboxylic acid groups (broad SMARTS) is 1. The van der Waals surface area contributed by atoms with E-state index in [0.29, 0.717) is 18.0 Å². The van der Waals surface area contributed by atoms with Gasteiger partial charge in [0.1, 0.15) is 6.26 Å². The lowest BCUT2D eigenvalue weighted by Crippen LogP contribution is -2.33. The first-order valence-electron chi connectivity index (χ1n) is 7.28. The number of carboxylic acids is 1. The Morgan fingerprint density at radius 3 is 2.30 bits per heavy atom. The van der Waals surface area contributed by atoms with Crippen LogP contribution < -0.4 is 0 Å². The van der Waals surface area contributed by atoms with Gasteiger partial charge in [0.2, 0.25) is 12.7 Å². The minimum Gasteiger partial charge on any atom is -0.479 e. The normalized spacial score (nSPS) is 14.3. The molecule has 5 heteroatoms. The van der Waals surface area contributed by atoms with Gasteiger partial charge in [0.25, 0.3) is 0 Å². The Hall–Kier alpha value is -2.95. The summed E-state index contributed by atoms with van der Waals surface area (Å²) in [5.41, 5.74) is 1.68. The molecule has 0 spiro atoms. The molecule has 0 aliphatic carbocycles. The van der Waals surface area contributed by atoms with Crippen LogP contribution in [-0.4, -0.2) is 22.8 Å². The third-order valence-electron chi connectivity index (χ3n) is 3.60. The van der Waals surface area contributed by atoms with E-state index in [-0.39, 0.29) is 6.79 Å². The monoisotopic (exact) mass is 311 g/mol. The molecular formula is C18H17NO4. The van der Waals surface area contributed by atoms with E-state index in [1.807, 2.05) is 48.5 Å². The predicted molar refractivity (Wildman–Crippen MR) is 83.9 cm³/mol. The summed E-state index contributed by atoms with van der Waals surface area (Å²) in [4.78, 5) is 13.6. The van der Waals surface area contributed by atoms with E-state index in [0.717, 1.165) is 5.56 Å². The van der Waals surface area contributed by atoms with Crippen LogP contribution in [0.4, 0.5) is 0 Å². The molecule has 1 aliphatic rings. The summed E-state index contributed by atoms with van der Waals surface area (Å²) in [7, 11) is 0. The van der Waals surface area contributed by atoms with Gasteiger partial charge in [-0.1, -0.05) is 60.7 Å². The van der Waals surface area contributed by atoms with E-state index in [2.05, 4.69) is 0 Å². The van der Waals surface area contributed by atoms with Crippen LogP contribution in [-0.2, 0) is 20.8 Å². The maximum Gasteiger partial charge on any atom is 0.331 e. The molecule has 1 atom stereocenters. The molecule has 0 amide bonds. The summed E-state index contributed by atoms with van der Waals surface area (Å²) in [5, 5.41) is 9.77. The Morgan fingerprint density at radius 1 is 1.09 bits per heavy atom. The maximum atomic E-state index is 11.9. The molecule has 0 radical (unpaired) electrons. The number of rotatable bonds is 6. The van der Waals surface area contributed by atoms with E-state index in [9.17, 15) is 9.90 Å². The van der Waals surface area contributed by atoms with Crippen molar-refractivity contribution >= 4 is 5.97 Å². The van der Waals surface area contributed by atoms with E-state index in [1.165, 1.54) is 6.26 Å². The van der Waals surface area contributed by atoms with Crippen LogP contribution in [0, 0.1) is 0 Å². The molecule has 1 aliphatic heterocycles. The number of nitrogens with zero attached hydrogens (tertiary/aromatic N) is 1. The van der Waals surface area contributed by atoms with Crippen molar-refractivity contribution in [3.63, 3.8) is 0 Å². The fraction of sp³-hybridized carbons (Fsp3) is 0.167. The Balaban J connectivity index is 1.96. The third kappa shape index (κ3) is 3.45. The molecule has 5 nitrogen and oxygen atoms in total. The SMILES string of the molecule is O=C(O)C(c1ccccc1)N(Cc1ccccc1)C1=COCO1. The number of hydrogen-bond acceptors (Lipinski definition) is 4. The molecule has 2 aromatic rings. The molecule has 3 rings (SSSR count). The first kappa shape index (κ1) is 15.0. The molecule has 0 aromatic heterocycles. The molecule has 0 bridgehead atoms. The van der Waals surface area contributed by atoms with Crippen molar-refractivity contribution in [2.45, 2.75) is 12.6 Å². The average molecular weight is 311 g/mol. The largest absolute Gasteiger partial charge is 0.479 e. The number of benzene rings is 2. The lowest BCUT2D eigenvalue weighted by molar-refractivity contribution is -0.144. The van der Waals surface area contributed by atoms with Crippen molar-refractivity contribution in [2.24, 2.45) is 0 Å². The highest BCUT2D eigenvalue weighted by Crippen LogP contribution is 2.29. The smallest absolute Gasteiger partial charge is 0.331 e. The second-order valence-electron chi connectivity index (χ2n) is 5.15. The molecule has 0 saturated heterocycles. The van der Waals surface area contributed by atoms with Gasteiger partial charge in [0, 0.05) is 6.54 Å². The number of ether oxygens (including phenoxy) is 2. The number of carbonyl (C=O) groups is 1. The standard InChI is InChI=1S/C18H17NO4/c20-18(21)17(15-9-5-2-6-10-15)19(16-12-22-13-23-16)11-14-7-3-1-4-8-14/h1-10,12,17H,11,13H2,(H,20,21). The molecule has 0 fully saturated rings. The number of aliphatic carboxylic acids is 1. The minimum absolute atomic E-state index is 0.0990. The van der Waals surface area contributed by atoms with Crippen molar-refractivity contribution in [1.29, 1.82) is 0 Å². The van der Waals surface area contributed by atoms with Crippen LogP contribution in [0.3, 0.4) is 0 Å². The lowest BCUT2D eigenvalue weighted by atomic mass is 10.0. The highest BCUT2D eigenvalue weighted by atomic mass is 16.7. The Kier molecular flexibility index (Phi) is 4.47. The summed E-state index contributed by atoms with van der Waals surface area (Å²) in [6, 6.07) is 17.9. The molecule has 118 valence electrons. The molecule has 1 N–H and O–H groups in total. The molecule has 1 heterocycles. The Bertz CT molecular complexity index is 685. The second-order valence-corrected chi connectivity index (χ2v) is 5.15. The molecule has 23 heavy (non-hydrogen) atoms. The van der Waals surface area contributed by atoms with Crippen molar-refractivity contribution in [1.82, 2.24) is 4.90 Å². The predicted octanol–water partition coefficient (Wildman–Crippen LogP) is 3.12. The summed E-state index contributed by atoms with van der Waals surface area (Å²) < 4.78 is 10.6. The first-order valence-corrected chi connectivity index (χ1v) is 7.28. The van der Waals surface area contributed by atoms with Gasteiger partial charge < -0.3 is 19.5 Å². The lowest BCUT2D eigenvalue weighted by Gasteiger charge is -2.30. The third-order valence-corrected chi connectivity index (χ3v) is 3.60. The van der Waals surface area contributed by atoms with E-state index < -0.39 is 12.0 Å². The summed E-state index contributed by atoms with van der Waals surface area (Å²) in [5.74, 6) is -0.520. The van der Waals surface area contributed by atoms with Crippen molar-refractivity contribution in [3.8, 4) is 0 Å². The van der Waals surface area contributed by atoms with E-state index in [1.54, 1.807) is 17.0 Å². The van der Waals surface area contributed by atoms with E-state index >= 15 is 0 Å².